The summed E-state index contributed by atoms with van der Waals surface area (Å²) in [6.45, 7) is 6.61. The number of pyridine rings is 1. The summed E-state index contributed by atoms with van der Waals surface area (Å²) < 4.78 is 0. The van der Waals surface area contributed by atoms with Crippen LogP contribution in [0.15, 0.2) is 24.5 Å². The summed E-state index contributed by atoms with van der Waals surface area (Å²) in [7, 11) is 0. The molecule has 0 aromatic carbocycles. The average molecular weight is 290 g/mol. The number of hydrogen-bond donors (Lipinski definition) is 2. The lowest BCUT2D eigenvalue weighted by atomic mass is 9.64. The average Bonchev–Trinajstić information content (AvgIpc) is 2.37. The number of aliphatic hydroxyl groups excluding tert-OH is 1. The molecule has 21 heavy (non-hydrogen) atoms. The molecular weight excluding hydrogens is 264 g/mol. The van der Waals surface area contributed by atoms with E-state index >= 15 is 0 Å². The van der Waals surface area contributed by atoms with Crippen molar-refractivity contribution < 1.29 is 9.90 Å². The second kappa shape index (κ2) is 6.14. The van der Waals surface area contributed by atoms with Gasteiger partial charge in [-0.3, -0.25) is 9.78 Å². The number of hydrogen-bond acceptors (Lipinski definition) is 3. The minimum atomic E-state index is -0.486. The number of aromatic nitrogens is 1. The lowest BCUT2D eigenvalue weighted by Gasteiger charge is -2.47. The summed E-state index contributed by atoms with van der Waals surface area (Å²) in [5.74, 6) is 0.460. The zero-order valence-corrected chi connectivity index (χ0v) is 13.2. The number of aliphatic hydroxyl groups is 1. The highest BCUT2D eigenvalue weighted by Crippen LogP contribution is 2.43. The molecule has 1 aliphatic carbocycles. The summed E-state index contributed by atoms with van der Waals surface area (Å²) in [6.07, 6.45) is 6.50. The molecule has 1 amide bonds. The van der Waals surface area contributed by atoms with Gasteiger partial charge in [0.05, 0.1) is 18.6 Å². The highest BCUT2D eigenvalue weighted by molar-refractivity contribution is 5.79. The Balaban J connectivity index is 2.06. The third kappa shape index (κ3) is 4.27. The first-order valence-electron chi connectivity index (χ1n) is 7.65. The number of nitrogens with one attached hydrogen (secondary N) is 1. The monoisotopic (exact) mass is 290 g/mol. The molecule has 0 saturated heterocycles. The molecule has 116 valence electrons. The van der Waals surface area contributed by atoms with Crippen molar-refractivity contribution in [1.82, 2.24) is 10.3 Å². The van der Waals surface area contributed by atoms with Crippen LogP contribution < -0.4 is 5.32 Å². The van der Waals surface area contributed by atoms with E-state index in [-0.39, 0.29) is 17.9 Å². The number of nitrogens with zero attached hydrogens (tertiary/aromatic N) is 1. The lowest BCUT2D eigenvalue weighted by molar-refractivity contribution is -0.124. The zero-order chi connectivity index (χ0) is 15.5. The van der Waals surface area contributed by atoms with Crippen LogP contribution in [0.4, 0.5) is 0 Å². The van der Waals surface area contributed by atoms with Crippen LogP contribution in [0, 0.1) is 11.3 Å². The number of carbonyl (C=O) groups excluding carboxylic acids is 1. The fourth-order valence-electron chi connectivity index (χ4n) is 4.03. The summed E-state index contributed by atoms with van der Waals surface area (Å²) in [5.41, 5.74) is 0.550. The normalized spacial score (nSPS) is 28.1. The summed E-state index contributed by atoms with van der Waals surface area (Å²) in [6, 6.07) is 3.72. The Morgan fingerprint density at radius 1 is 1.48 bits per heavy atom. The molecule has 0 spiro atoms. The van der Waals surface area contributed by atoms with Crippen LogP contribution in [0.5, 0.6) is 0 Å². The number of amides is 1. The molecule has 0 unspecified atom stereocenters. The third-order valence-electron chi connectivity index (χ3n) is 4.25. The second-order valence-electron chi connectivity index (χ2n) is 7.38. The Morgan fingerprint density at radius 3 is 2.81 bits per heavy atom. The van der Waals surface area contributed by atoms with Gasteiger partial charge in [-0.1, -0.05) is 26.8 Å². The first kappa shape index (κ1) is 16.0. The maximum atomic E-state index is 12.3. The van der Waals surface area contributed by atoms with Gasteiger partial charge in [-0.2, -0.15) is 0 Å². The number of carbonyl (C=O) groups is 1. The Labute approximate surface area is 127 Å². The Hall–Kier alpha value is -1.42. The van der Waals surface area contributed by atoms with Crippen LogP contribution in [0.3, 0.4) is 0 Å². The van der Waals surface area contributed by atoms with Crippen molar-refractivity contribution in [3.05, 3.63) is 30.1 Å². The molecule has 0 aliphatic heterocycles. The van der Waals surface area contributed by atoms with Gasteiger partial charge in [0, 0.05) is 12.4 Å². The second-order valence-corrected chi connectivity index (χ2v) is 7.38. The first-order valence-corrected chi connectivity index (χ1v) is 7.65. The maximum absolute atomic E-state index is 12.3. The first-order chi connectivity index (χ1) is 9.84. The molecule has 1 aromatic rings. The van der Waals surface area contributed by atoms with Crippen LogP contribution >= 0.6 is 0 Å². The van der Waals surface area contributed by atoms with Gasteiger partial charge in [0.25, 0.3) is 0 Å². The molecule has 2 rings (SSSR count). The Morgan fingerprint density at radius 2 is 2.24 bits per heavy atom. The van der Waals surface area contributed by atoms with Crippen molar-refractivity contribution in [2.24, 2.45) is 11.3 Å². The third-order valence-corrected chi connectivity index (χ3v) is 4.25. The Bertz CT molecular complexity index is 487. The minimum Gasteiger partial charge on any atom is -0.394 e. The van der Waals surface area contributed by atoms with Crippen molar-refractivity contribution >= 4 is 5.91 Å². The van der Waals surface area contributed by atoms with E-state index in [1.54, 1.807) is 12.4 Å². The van der Waals surface area contributed by atoms with E-state index < -0.39 is 5.54 Å². The predicted molar refractivity (Wildman–Crippen MR) is 82.7 cm³/mol. The van der Waals surface area contributed by atoms with Gasteiger partial charge >= 0.3 is 0 Å². The van der Waals surface area contributed by atoms with Gasteiger partial charge in [0.15, 0.2) is 0 Å². The van der Waals surface area contributed by atoms with Crippen LogP contribution in [0.25, 0.3) is 0 Å². The van der Waals surface area contributed by atoms with Gasteiger partial charge in [-0.05, 0) is 42.2 Å². The van der Waals surface area contributed by atoms with Gasteiger partial charge in [0.2, 0.25) is 5.91 Å². The standard InChI is InChI=1S/C17H26N2O2/c1-13-8-16(2,3)11-17(9-13,12-20)19-15(21)7-14-5-4-6-18-10-14/h4-6,10,13,20H,7-9,11-12H2,1-3H3,(H,19,21)/t13-,17+/m0/s1. The van der Waals surface area contributed by atoms with E-state index in [0.29, 0.717) is 12.3 Å². The number of rotatable bonds is 4. The quantitative estimate of drug-likeness (QED) is 0.894. The summed E-state index contributed by atoms with van der Waals surface area (Å²) >= 11 is 0. The molecule has 2 N–H and O–H groups in total. The van der Waals surface area contributed by atoms with E-state index in [1.807, 2.05) is 12.1 Å². The highest BCUT2D eigenvalue weighted by Gasteiger charge is 2.43. The Kier molecular flexibility index (Phi) is 4.67. The largest absolute Gasteiger partial charge is 0.394 e. The maximum Gasteiger partial charge on any atom is 0.224 e. The molecule has 1 fully saturated rings. The topological polar surface area (TPSA) is 62.2 Å². The van der Waals surface area contributed by atoms with E-state index in [1.165, 1.54) is 0 Å². The van der Waals surface area contributed by atoms with Crippen LogP contribution in [0.2, 0.25) is 0 Å². The molecule has 0 bridgehead atoms. The van der Waals surface area contributed by atoms with Crippen LogP contribution in [-0.4, -0.2) is 28.1 Å². The van der Waals surface area contributed by atoms with Crippen LogP contribution in [-0.2, 0) is 11.2 Å². The molecule has 1 aromatic heterocycles. The molecular formula is C17H26N2O2. The fourth-order valence-corrected chi connectivity index (χ4v) is 4.03. The predicted octanol–water partition coefficient (Wildman–Crippen LogP) is 2.32. The zero-order valence-electron chi connectivity index (χ0n) is 13.2. The minimum absolute atomic E-state index is 0.000447. The van der Waals surface area contributed by atoms with Crippen molar-refractivity contribution in [3.8, 4) is 0 Å². The van der Waals surface area contributed by atoms with Crippen molar-refractivity contribution in [3.63, 3.8) is 0 Å². The van der Waals surface area contributed by atoms with Gasteiger partial charge in [-0.15, -0.1) is 0 Å². The van der Waals surface area contributed by atoms with Crippen LogP contribution in [0.1, 0.15) is 45.6 Å². The van der Waals surface area contributed by atoms with E-state index in [2.05, 4.69) is 31.1 Å². The molecule has 2 atom stereocenters. The molecule has 0 radical (unpaired) electrons. The SMILES string of the molecule is C[C@H]1CC(C)(C)C[C@](CO)(NC(=O)Cc2cccnc2)C1. The molecule has 1 heterocycles. The van der Waals surface area contributed by atoms with Gasteiger partial charge in [-0.25, -0.2) is 0 Å². The van der Waals surface area contributed by atoms with Crippen molar-refractivity contribution in [2.75, 3.05) is 6.61 Å². The van der Waals surface area contributed by atoms with Crippen molar-refractivity contribution in [1.29, 1.82) is 0 Å². The van der Waals surface area contributed by atoms with E-state index in [4.69, 9.17) is 0 Å². The molecule has 1 saturated carbocycles. The van der Waals surface area contributed by atoms with E-state index in [9.17, 15) is 9.90 Å². The smallest absolute Gasteiger partial charge is 0.224 e. The van der Waals surface area contributed by atoms with Gasteiger partial charge < -0.3 is 10.4 Å². The van der Waals surface area contributed by atoms with Crippen molar-refractivity contribution in [2.45, 2.75) is 52.0 Å². The molecule has 4 nitrogen and oxygen atoms in total. The van der Waals surface area contributed by atoms with Gasteiger partial charge in [0.1, 0.15) is 0 Å². The highest BCUT2D eigenvalue weighted by atomic mass is 16.3. The lowest BCUT2D eigenvalue weighted by Crippen LogP contribution is -2.57. The summed E-state index contributed by atoms with van der Waals surface area (Å²) in [5, 5.41) is 13.0. The fraction of sp³-hybridized carbons (Fsp3) is 0.647. The van der Waals surface area contributed by atoms with E-state index in [0.717, 1.165) is 24.8 Å². The summed E-state index contributed by atoms with van der Waals surface area (Å²) in [4.78, 5) is 16.3. The molecule has 4 heteroatoms. The molecule has 1 aliphatic rings.